The van der Waals surface area contributed by atoms with E-state index in [9.17, 15) is 4.79 Å². The summed E-state index contributed by atoms with van der Waals surface area (Å²) >= 11 is 0. The topological polar surface area (TPSA) is 77.2 Å². The van der Waals surface area contributed by atoms with Gasteiger partial charge in [-0.05, 0) is 68.3 Å². The lowest BCUT2D eigenvalue weighted by atomic mass is 10.1. The largest absolute Gasteiger partial charge is 0.484 e. The Labute approximate surface area is 180 Å². The number of hydrogen-bond acceptors (Lipinski definition) is 5. The summed E-state index contributed by atoms with van der Waals surface area (Å²) in [6.07, 6.45) is 0. The van der Waals surface area contributed by atoms with Crippen LogP contribution in [0.15, 0.2) is 71.3 Å². The summed E-state index contributed by atoms with van der Waals surface area (Å²) in [6.45, 7) is 5.94. The van der Waals surface area contributed by atoms with Gasteiger partial charge < -0.3 is 14.6 Å². The molecule has 0 aliphatic rings. The number of aromatic nitrogens is 2. The van der Waals surface area contributed by atoms with Crippen molar-refractivity contribution in [2.75, 3.05) is 11.9 Å². The SMILES string of the molecule is Cc1ccc(-c2noc(-c3ccc(OCC(=O)Nc4cc(C)cc(C)c4)cc3)n2)cc1. The quantitative estimate of drug-likeness (QED) is 0.461. The maximum atomic E-state index is 12.2. The number of rotatable bonds is 6. The molecule has 3 aromatic carbocycles. The van der Waals surface area contributed by atoms with Crippen molar-refractivity contribution in [3.63, 3.8) is 0 Å². The number of carbonyl (C=O) groups excluding carboxylic acids is 1. The molecule has 1 amide bonds. The van der Waals surface area contributed by atoms with Gasteiger partial charge in [-0.2, -0.15) is 4.98 Å². The van der Waals surface area contributed by atoms with Gasteiger partial charge in [0.05, 0.1) is 0 Å². The second kappa shape index (κ2) is 8.83. The Morgan fingerprint density at radius 3 is 2.19 bits per heavy atom. The summed E-state index contributed by atoms with van der Waals surface area (Å²) in [5.74, 6) is 1.33. The van der Waals surface area contributed by atoms with Crippen LogP contribution in [0.1, 0.15) is 16.7 Å². The number of ether oxygens (including phenoxy) is 1. The first-order valence-corrected chi connectivity index (χ1v) is 9.98. The Morgan fingerprint density at radius 1 is 0.871 bits per heavy atom. The standard InChI is InChI=1S/C25H23N3O3/c1-16-4-6-19(7-5-16)24-27-25(31-28-24)20-8-10-22(11-9-20)30-15-23(29)26-21-13-17(2)12-18(3)14-21/h4-14H,15H2,1-3H3,(H,26,29). The van der Waals surface area contributed by atoms with Gasteiger partial charge in [0.25, 0.3) is 11.8 Å². The van der Waals surface area contributed by atoms with Crippen LogP contribution in [0.25, 0.3) is 22.8 Å². The third kappa shape index (κ3) is 5.17. The lowest BCUT2D eigenvalue weighted by molar-refractivity contribution is -0.118. The van der Waals surface area contributed by atoms with Crippen molar-refractivity contribution in [3.05, 3.63) is 83.4 Å². The van der Waals surface area contributed by atoms with E-state index in [1.165, 1.54) is 5.56 Å². The zero-order chi connectivity index (χ0) is 21.8. The summed E-state index contributed by atoms with van der Waals surface area (Å²) in [6, 6.07) is 21.0. The van der Waals surface area contributed by atoms with E-state index >= 15 is 0 Å². The molecule has 31 heavy (non-hydrogen) atoms. The van der Waals surface area contributed by atoms with Gasteiger partial charge in [-0.15, -0.1) is 0 Å². The minimum Gasteiger partial charge on any atom is -0.484 e. The van der Waals surface area contributed by atoms with Crippen LogP contribution in [-0.4, -0.2) is 22.7 Å². The van der Waals surface area contributed by atoms with Crippen molar-refractivity contribution in [2.45, 2.75) is 20.8 Å². The predicted octanol–water partition coefficient (Wildman–Crippen LogP) is 5.35. The Morgan fingerprint density at radius 2 is 1.52 bits per heavy atom. The van der Waals surface area contributed by atoms with Crippen molar-refractivity contribution in [1.82, 2.24) is 10.1 Å². The van der Waals surface area contributed by atoms with Crippen molar-refractivity contribution < 1.29 is 14.1 Å². The summed E-state index contributed by atoms with van der Waals surface area (Å²) in [5.41, 5.74) is 5.80. The van der Waals surface area contributed by atoms with Gasteiger partial charge in [-0.3, -0.25) is 4.79 Å². The fourth-order valence-electron chi connectivity index (χ4n) is 3.25. The predicted molar refractivity (Wildman–Crippen MR) is 120 cm³/mol. The molecule has 0 aliphatic heterocycles. The molecule has 0 atom stereocenters. The molecule has 0 fully saturated rings. The number of anilines is 1. The van der Waals surface area contributed by atoms with Gasteiger partial charge in [-0.25, -0.2) is 0 Å². The molecule has 0 saturated carbocycles. The molecular weight excluding hydrogens is 390 g/mol. The molecule has 1 heterocycles. The zero-order valence-electron chi connectivity index (χ0n) is 17.7. The van der Waals surface area contributed by atoms with Gasteiger partial charge in [0.2, 0.25) is 5.82 Å². The molecule has 156 valence electrons. The molecule has 6 heteroatoms. The van der Waals surface area contributed by atoms with E-state index < -0.39 is 0 Å². The van der Waals surface area contributed by atoms with E-state index in [-0.39, 0.29) is 12.5 Å². The minimum atomic E-state index is -0.214. The zero-order valence-corrected chi connectivity index (χ0v) is 17.7. The molecule has 0 aliphatic carbocycles. The molecule has 1 aromatic heterocycles. The van der Waals surface area contributed by atoms with E-state index in [1.54, 1.807) is 12.1 Å². The van der Waals surface area contributed by atoms with Crippen LogP contribution in [0.4, 0.5) is 5.69 Å². The molecule has 4 rings (SSSR count). The first kappa shape index (κ1) is 20.3. The minimum absolute atomic E-state index is 0.0789. The normalized spacial score (nSPS) is 10.7. The molecule has 0 unspecified atom stereocenters. The van der Waals surface area contributed by atoms with Gasteiger partial charge in [-0.1, -0.05) is 41.1 Å². The number of nitrogens with one attached hydrogen (secondary N) is 1. The third-order valence-corrected chi connectivity index (χ3v) is 4.71. The number of carbonyl (C=O) groups is 1. The van der Waals surface area contributed by atoms with E-state index in [1.807, 2.05) is 69.3 Å². The van der Waals surface area contributed by atoms with Gasteiger partial charge in [0.1, 0.15) is 5.75 Å². The monoisotopic (exact) mass is 413 g/mol. The molecule has 0 radical (unpaired) electrons. The molecule has 4 aromatic rings. The number of hydrogen-bond donors (Lipinski definition) is 1. The second-order valence-corrected chi connectivity index (χ2v) is 7.53. The Kier molecular flexibility index (Phi) is 5.80. The highest BCUT2D eigenvalue weighted by Gasteiger charge is 2.11. The van der Waals surface area contributed by atoms with E-state index in [4.69, 9.17) is 9.26 Å². The third-order valence-electron chi connectivity index (χ3n) is 4.71. The number of benzene rings is 3. The van der Waals surface area contributed by atoms with Gasteiger partial charge in [0.15, 0.2) is 6.61 Å². The fraction of sp³-hybridized carbons (Fsp3) is 0.160. The maximum Gasteiger partial charge on any atom is 0.262 e. The highest BCUT2D eigenvalue weighted by Crippen LogP contribution is 2.24. The van der Waals surface area contributed by atoms with Crippen LogP contribution in [0.5, 0.6) is 5.75 Å². The number of amides is 1. The van der Waals surface area contributed by atoms with Crippen LogP contribution >= 0.6 is 0 Å². The summed E-state index contributed by atoms with van der Waals surface area (Å²) in [7, 11) is 0. The van der Waals surface area contributed by atoms with Crippen LogP contribution < -0.4 is 10.1 Å². The number of nitrogens with zero attached hydrogens (tertiary/aromatic N) is 2. The lowest BCUT2D eigenvalue weighted by Crippen LogP contribution is -2.20. The van der Waals surface area contributed by atoms with Crippen molar-refractivity contribution in [2.24, 2.45) is 0 Å². The highest BCUT2D eigenvalue weighted by atomic mass is 16.5. The maximum absolute atomic E-state index is 12.2. The molecule has 6 nitrogen and oxygen atoms in total. The Balaban J connectivity index is 1.36. The Hall–Kier alpha value is -3.93. The number of aryl methyl sites for hydroxylation is 3. The fourth-order valence-corrected chi connectivity index (χ4v) is 3.25. The first-order valence-electron chi connectivity index (χ1n) is 9.98. The second-order valence-electron chi connectivity index (χ2n) is 7.53. The van der Waals surface area contributed by atoms with Crippen LogP contribution in [0.2, 0.25) is 0 Å². The average molecular weight is 413 g/mol. The Bertz CT molecular complexity index is 1180. The molecular formula is C25H23N3O3. The van der Waals surface area contributed by atoms with Crippen LogP contribution in [0.3, 0.4) is 0 Å². The smallest absolute Gasteiger partial charge is 0.262 e. The van der Waals surface area contributed by atoms with Gasteiger partial charge >= 0.3 is 0 Å². The summed E-state index contributed by atoms with van der Waals surface area (Å²) in [4.78, 5) is 16.6. The summed E-state index contributed by atoms with van der Waals surface area (Å²) < 4.78 is 11.0. The van der Waals surface area contributed by atoms with Crippen molar-refractivity contribution >= 4 is 11.6 Å². The van der Waals surface area contributed by atoms with E-state index in [2.05, 4.69) is 21.5 Å². The van der Waals surface area contributed by atoms with Gasteiger partial charge in [0, 0.05) is 16.8 Å². The molecule has 0 saturated heterocycles. The first-order chi connectivity index (χ1) is 15.0. The average Bonchev–Trinajstić information content (AvgIpc) is 3.23. The van der Waals surface area contributed by atoms with E-state index in [0.717, 1.165) is 27.9 Å². The lowest BCUT2D eigenvalue weighted by Gasteiger charge is -2.09. The van der Waals surface area contributed by atoms with E-state index in [0.29, 0.717) is 17.5 Å². The highest BCUT2D eigenvalue weighted by molar-refractivity contribution is 5.92. The van der Waals surface area contributed by atoms with Crippen molar-refractivity contribution in [3.8, 4) is 28.6 Å². The van der Waals surface area contributed by atoms with Crippen LogP contribution in [-0.2, 0) is 4.79 Å². The summed E-state index contributed by atoms with van der Waals surface area (Å²) in [5, 5.41) is 6.91. The molecule has 0 spiro atoms. The van der Waals surface area contributed by atoms with Crippen molar-refractivity contribution in [1.29, 1.82) is 0 Å². The van der Waals surface area contributed by atoms with Crippen LogP contribution in [0, 0.1) is 20.8 Å². The molecule has 1 N–H and O–H groups in total. The molecule has 0 bridgehead atoms.